The highest BCUT2D eigenvalue weighted by Crippen LogP contribution is 2.58. The predicted molar refractivity (Wildman–Crippen MR) is 146 cm³/mol. The van der Waals surface area contributed by atoms with E-state index in [9.17, 15) is 18.0 Å². The van der Waals surface area contributed by atoms with Gasteiger partial charge in [-0.25, -0.2) is 4.68 Å². The molecule has 0 spiro atoms. The fourth-order valence-corrected chi connectivity index (χ4v) is 8.96. The number of carbonyl (C=O) groups is 1. The lowest BCUT2D eigenvalue weighted by molar-refractivity contribution is -0.173. The lowest BCUT2D eigenvalue weighted by atomic mass is 9.52. The highest BCUT2D eigenvalue weighted by molar-refractivity contribution is 5.93. The third-order valence-electron chi connectivity index (χ3n) is 10.5. The molecule has 8 rings (SSSR count). The number of methoxy groups -OCH3 is 2. The summed E-state index contributed by atoms with van der Waals surface area (Å²) in [4.78, 5) is 17.9. The van der Waals surface area contributed by atoms with E-state index in [4.69, 9.17) is 9.47 Å². The molecule has 1 saturated heterocycles. The Bertz CT molecular complexity index is 1280. The van der Waals surface area contributed by atoms with Gasteiger partial charge in [0, 0.05) is 44.2 Å². The number of anilines is 1. The van der Waals surface area contributed by atoms with Crippen molar-refractivity contribution >= 4 is 11.7 Å². The van der Waals surface area contributed by atoms with Crippen molar-refractivity contribution in [3.63, 3.8) is 0 Å². The van der Waals surface area contributed by atoms with Gasteiger partial charge in [-0.2, -0.15) is 18.3 Å². The van der Waals surface area contributed by atoms with Crippen LogP contribution in [0.5, 0.6) is 11.5 Å². The molecule has 1 aromatic heterocycles. The Kier molecular flexibility index (Phi) is 6.44. The molecule has 2 atom stereocenters. The fraction of sp³-hybridized carbons (Fsp3) is 0.667. The maximum absolute atomic E-state index is 14.3. The number of amides is 1. The number of nitrogens with zero attached hydrogens (tertiary/aromatic N) is 4. The van der Waals surface area contributed by atoms with Crippen LogP contribution in [0.4, 0.5) is 19.0 Å². The molecule has 4 aliphatic carbocycles. The van der Waals surface area contributed by atoms with Crippen molar-refractivity contribution in [1.82, 2.24) is 19.6 Å². The van der Waals surface area contributed by atoms with Gasteiger partial charge in [0.05, 0.1) is 20.3 Å². The van der Waals surface area contributed by atoms with Crippen molar-refractivity contribution < 1.29 is 27.4 Å². The molecule has 0 unspecified atom stereocenters. The molecule has 4 saturated carbocycles. The van der Waals surface area contributed by atoms with Crippen LogP contribution in [0.15, 0.2) is 24.3 Å². The van der Waals surface area contributed by atoms with Crippen molar-refractivity contribution in [3.8, 4) is 11.5 Å². The van der Waals surface area contributed by atoms with Gasteiger partial charge in [0.15, 0.2) is 23.2 Å². The van der Waals surface area contributed by atoms with Gasteiger partial charge in [-0.05, 0) is 74.0 Å². The second kappa shape index (κ2) is 9.81. The van der Waals surface area contributed by atoms with Crippen LogP contribution in [0.25, 0.3) is 0 Å². The monoisotopic (exact) mass is 573 g/mol. The minimum Gasteiger partial charge on any atom is -0.493 e. The van der Waals surface area contributed by atoms with Crippen molar-refractivity contribution in [1.29, 1.82) is 0 Å². The topological polar surface area (TPSA) is 71.9 Å². The molecular weight excluding hydrogens is 535 g/mol. The summed E-state index contributed by atoms with van der Waals surface area (Å²) in [6, 6.07) is 4.07. The molecule has 1 N–H and O–H groups in total. The quantitative estimate of drug-likeness (QED) is 0.525. The number of hydrogen-bond donors (Lipinski definition) is 1. The number of alkyl halides is 3. The molecule has 1 aromatic carbocycles. The summed E-state index contributed by atoms with van der Waals surface area (Å²) >= 11 is 0. The van der Waals surface area contributed by atoms with Crippen LogP contribution in [0.2, 0.25) is 0 Å². The minimum atomic E-state index is -4.53. The minimum absolute atomic E-state index is 0.0537. The first-order valence-corrected chi connectivity index (χ1v) is 14.8. The van der Waals surface area contributed by atoms with E-state index in [-0.39, 0.29) is 23.8 Å². The van der Waals surface area contributed by atoms with Crippen LogP contribution >= 0.6 is 0 Å². The second-order valence-electron chi connectivity index (χ2n) is 12.9. The molecule has 6 aliphatic rings. The molecule has 4 bridgehead atoms. The van der Waals surface area contributed by atoms with Crippen LogP contribution in [0.1, 0.15) is 73.1 Å². The van der Waals surface area contributed by atoms with Crippen LogP contribution in [0.3, 0.4) is 0 Å². The van der Waals surface area contributed by atoms with E-state index in [1.165, 1.54) is 58.8 Å². The van der Waals surface area contributed by atoms with E-state index in [1.54, 1.807) is 23.1 Å². The molecule has 11 heteroatoms. The van der Waals surface area contributed by atoms with E-state index in [1.807, 2.05) is 0 Å². The molecule has 8 nitrogen and oxygen atoms in total. The Morgan fingerprint density at radius 1 is 0.927 bits per heavy atom. The summed E-state index contributed by atoms with van der Waals surface area (Å²) in [6.07, 6.45) is 3.24. The number of hydrogen-bond acceptors (Lipinski definition) is 6. The third kappa shape index (κ3) is 4.64. The van der Waals surface area contributed by atoms with E-state index in [0.717, 1.165) is 35.5 Å². The Morgan fingerprint density at radius 3 is 2.15 bits per heavy atom. The number of benzene rings is 1. The third-order valence-corrected chi connectivity index (χ3v) is 10.5. The molecule has 5 fully saturated rings. The van der Waals surface area contributed by atoms with Crippen LogP contribution < -0.4 is 14.8 Å². The van der Waals surface area contributed by atoms with E-state index < -0.39 is 18.3 Å². The summed E-state index contributed by atoms with van der Waals surface area (Å²) in [5, 5.41) is 7.41. The Hall–Kier alpha value is -2.95. The second-order valence-corrected chi connectivity index (χ2v) is 12.9. The van der Waals surface area contributed by atoms with E-state index >= 15 is 0 Å². The smallest absolute Gasteiger partial charge is 0.410 e. The maximum atomic E-state index is 14.3. The zero-order chi connectivity index (χ0) is 28.5. The van der Waals surface area contributed by atoms with Crippen molar-refractivity contribution in [2.45, 2.75) is 68.7 Å². The summed E-state index contributed by atoms with van der Waals surface area (Å²) in [6.45, 7) is 2.78. The molecule has 3 heterocycles. The first kappa shape index (κ1) is 26.9. The largest absolute Gasteiger partial charge is 0.493 e. The maximum Gasteiger partial charge on any atom is 0.410 e. The van der Waals surface area contributed by atoms with Crippen molar-refractivity contribution in [2.75, 3.05) is 45.7 Å². The number of halogens is 3. The van der Waals surface area contributed by atoms with Gasteiger partial charge < -0.3 is 19.7 Å². The molecule has 222 valence electrons. The predicted octanol–water partition coefficient (Wildman–Crippen LogP) is 5.29. The molecular formula is C30H38F3N5O3. The van der Waals surface area contributed by atoms with Crippen LogP contribution in [-0.4, -0.2) is 77.6 Å². The zero-order valence-electron chi connectivity index (χ0n) is 23.6. The van der Waals surface area contributed by atoms with Gasteiger partial charge in [0.1, 0.15) is 5.82 Å². The average molecular weight is 574 g/mol. The normalized spacial score (nSPS) is 32.9. The number of fused-ring (bicyclic) bond motifs is 1. The molecule has 1 amide bonds. The summed E-state index contributed by atoms with van der Waals surface area (Å²) in [5.41, 5.74) is 0.983. The molecule has 0 radical (unpaired) electrons. The number of rotatable bonds is 5. The lowest BCUT2D eigenvalue weighted by Crippen LogP contribution is -2.64. The van der Waals surface area contributed by atoms with Gasteiger partial charge in [-0.15, -0.1) is 0 Å². The Labute approximate surface area is 238 Å². The van der Waals surface area contributed by atoms with Gasteiger partial charge in [0.2, 0.25) is 0 Å². The SMILES string of the molecule is COc1ccc([C@@H]2C[C@H](C(F)(F)F)n3nc(C(=O)N4CCN(C56CC7CC(CC(C7)C5)C6)CC4)cc3N2)cc1OC. The zero-order valence-corrected chi connectivity index (χ0v) is 23.6. The van der Waals surface area contributed by atoms with Crippen molar-refractivity contribution in [3.05, 3.63) is 35.5 Å². The fourth-order valence-electron chi connectivity index (χ4n) is 8.96. The summed E-state index contributed by atoms with van der Waals surface area (Å²) in [7, 11) is 3.00. The lowest BCUT2D eigenvalue weighted by Gasteiger charge is -2.61. The van der Waals surface area contributed by atoms with Crippen molar-refractivity contribution in [2.24, 2.45) is 17.8 Å². The number of piperazine rings is 1. The van der Waals surface area contributed by atoms with Gasteiger partial charge in [0.25, 0.3) is 5.91 Å². The molecule has 2 aliphatic heterocycles. The van der Waals surface area contributed by atoms with Gasteiger partial charge >= 0.3 is 6.18 Å². The number of carbonyl (C=O) groups excluding carboxylic acids is 1. The highest BCUT2D eigenvalue weighted by Gasteiger charge is 2.54. The van der Waals surface area contributed by atoms with Gasteiger partial charge in [-0.1, -0.05) is 6.07 Å². The number of aromatic nitrogens is 2. The van der Waals surface area contributed by atoms with E-state index in [2.05, 4.69) is 15.3 Å². The number of ether oxygens (including phenoxy) is 2. The first-order chi connectivity index (χ1) is 19.7. The Balaban J connectivity index is 1.08. The number of nitrogens with one attached hydrogen (secondary N) is 1. The molecule has 41 heavy (non-hydrogen) atoms. The highest BCUT2D eigenvalue weighted by atomic mass is 19.4. The Morgan fingerprint density at radius 2 is 1.56 bits per heavy atom. The standard InChI is InChI=1S/C30H38F3N5O3/c1-40-24-4-3-21(12-25(24)41-2)22-13-26(30(31,32)33)38-27(34-22)14-23(35-38)28(39)36-5-7-37(8-6-36)29-15-18-9-19(16-29)11-20(10-18)17-29/h3-4,12,14,18-20,22,26,34H,5-11,13,15-17H2,1-2H3/t18?,19?,20?,22-,26+,29?/m0/s1. The van der Waals surface area contributed by atoms with Gasteiger partial charge in [-0.3, -0.25) is 9.69 Å². The molecule has 2 aromatic rings. The van der Waals surface area contributed by atoms with Crippen LogP contribution in [-0.2, 0) is 0 Å². The summed E-state index contributed by atoms with van der Waals surface area (Å²) in [5.74, 6) is 3.40. The summed E-state index contributed by atoms with van der Waals surface area (Å²) < 4.78 is 54.4. The van der Waals surface area contributed by atoms with Crippen LogP contribution in [0, 0.1) is 17.8 Å². The first-order valence-electron chi connectivity index (χ1n) is 14.8. The average Bonchev–Trinajstić information content (AvgIpc) is 3.39. The van der Waals surface area contributed by atoms with E-state index in [0.29, 0.717) is 35.7 Å².